The molecule has 0 aliphatic carbocycles. The third-order valence-electron chi connectivity index (χ3n) is 2.72. The maximum Gasteiger partial charge on any atom is 0.270 e. The van der Waals surface area contributed by atoms with E-state index in [9.17, 15) is 14.9 Å². The van der Waals surface area contributed by atoms with Gasteiger partial charge in [-0.2, -0.15) is 4.98 Å². The van der Waals surface area contributed by atoms with E-state index < -0.39 is 10.8 Å². The Morgan fingerprint density at radius 1 is 1.52 bits per heavy atom. The van der Waals surface area contributed by atoms with Crippen LogP contribution < -0.4 is 11.1 Å². The summed E-state index contributed by atoms with van der Waals surface area (Å²) in [7, 11) is 0. The number of nitro benzene ring substituents is 1. The Hall–Kier alpha value is -2.81. The molecule has 110 valence electrons. The van der Waals surface area contributed by atoms with Crippen molar-refractivity contribution in [3.8, 4) is 11.4 Å². The topological polar surface area (TPSA) is 137 Å². The average Bonchev–Trinajstić information content (AvgIpc) is 2.87. The van der Waals surface area contributed by atoms with Crippen molar-refractivity contribution >= 4 is 11.6 Å². The van der Waals surface area contributed by atoms with Crippen molar-refractivity contribution in [3.05, 3.63) is 39.8 Å². The van der Waals surface area contributed by atoms with E-state index in [4.69, 9.17) is 10.3 Å². The monoisotopic (exact) mass is 291 g/mol. The molecule has 0 spiro atoms. The van der Waals surface area contributed by atoms with Gasteiger partial charge in [-0.15, -0.1) is 0 Å². The van der Waals surface area contributed by atoms with Crippen LogP contribution in [0.4, 0.5) is 5.69 Å². The van der Waals surface area contributed by atoms with Crippen LogP contribution >= 0.6 is 0 Å². The highest BCUT2D eigenvalue weighted by molar-refractivity contribution is 5.75. The van der Waals surface area contributed by atoms with Crippen molar-refractivity contribution in [3.63, 3.8) is 0 Å². The Labute approximate surface area is 119 Å². The molecule has 0 aliphatic heterocycles. The van der Waals surface area contributed by atoms with Gasteiger partial charge in [0.2, 0.25) is 17.6 Å². The van der Waals surface area contributed by atoms with Crippen LogP contribution in [-0.2, 0) is 11.3 Å². The first-order chi connectivity index (χ1) is 9.97. The van der Waals surface area contributed by atoms with Crippen molar-refractivity contribution in [2.75, 3.05) is 6.54 Å². The maximum absolute atomic E-state index is 10.8. The zero-order chi connectivity index (χ0) is 15.4. The molecule has 1 heterocycles. The van der Waals surface area contributed by atoms with Gasteiger partial charge in [-0.3, -0.25) is 20.2 Å². The van der Waals surface area contributed by atoms with Gasteiger partial charge in [0, 0.05) is 17.7 Å². The highest BCUT2D eigenvalue weighted by atomic mass is 16.6. The molecule has 0 unspecified atom stereocenters. The van der Waals surface area contributed by atoms with Gasteiger partial charge >= 0.3 is 0 Å². The Bertz CT molecular complexity index is 682. The van der Waals surface area contributed by atoms with Crippen LogP contribution in [-0.4, -0.2) is 27.5 Å². The van der Waals surface area contributed by atoms with Gasteiger partial charge in [0.05, 0.1) is 18.0 Å². The number of rotatable bonds is 6. The molecule has 1 amide bonds. The zero-order valence-corrected chi connectivity index (χ0v) is 11.2. The molecule has 2 rings (SSSR count). The van der Waals surface area contributed by atoms with Crippen molar-refractivity contribution in [1.82, 2.24) is 15.5 Å². The largest absolute Gasteiger partial charge is 0.369 e. The summed E-state index contributed by atoms with van der Waals surface area (Å²) in [6.45, 7) is 1.97. The normalized spacial score (nSPS) is 10.5. The molecule has 0 saturated carbocycles. The molecule has 21 heavy (non-hydrogen) atoms. The molecule has 0 fully saturated rings. The first-order valence-corrected chi connectivity index (χ1v) is 6.04. The van der Waals surface area contributed by atoms with Crippen molar-refractivity contribution < 1.29 is 14.2 Å². The minimum Gasteiger partial charge on any atom is -0.369 e. The molecule has 2 aromatic rings. The Morgan fingerprint density at radius 2 is 2.29 bits per heavy atom. The van der Waals surface area contributed by atoms with Gasteiger partial charge in [0.25, 0.3) is 5.69 Å². The van der Waals surface area contributed by atoms with Crippen LogP contribution in [0.5, 0.6) is 0 Å². The second-order valence-electron chi connectivity index (χ2n) is 4.34. The van der Waals surface area contributed by atoms with E-state index >= 15 is 0 Å². The lowest BCUT2D eigenvalue weighted by molar-refractivity contribution is -0.384. The van der Waals surface area contributed by atoms with Crippen LogP contribution in [0.2, 0.25) is 0 Å². The van der Waals surface area contributed by atoms with Gasteiger partial charge < -0.3 is 10.3 Å². The van der Waals surface area contributed by atoms with Crippen LogP contribution in [0.1, 0.15) is 11.5 Å². The lowest BCUT2D eigenvalue weighted by atomic mass is 10.1. The number of aryl methyl sites for hydroxylation is 1. The number of hydrogen-bond acceptors (Lipinski definition) is 7. The second kappa shape index (κ2) is 6.09. The summed E-state index contributed by atoms with van der Waals surface area (Å²) in [6.07, 6.45) is 0. The third-order valence-corrected chi connectivity index (χ3v) is 2.72. The molecule has 1 aromatic heterocycles. The van der Waals surface area contributed by atoms with Crippen LogP contribution in [0, 0.1) is 17.0 Å². The van der Waals surface area contributed by atoms with E-state index in [2.05, 4.69) is 15.5 Å². The summed E-state index contributed by atoms with van der Waals surface area (Å²) < 4.78 is 5.01. The lowest BCUT2D eigenvalue weighted by Crippen LogP contribution is -2.28. The van der Waals surface area contributed by atoms with Gasteiger partial charge in [0.15, 0.2) is 0 Å². The number of nitrogens with one attached hydrogen (secondary N) is 1. The predicted octanol–water partition coefficient (Wildman–Crippen LogP) is 0.528. The number of carbonyl (C=O) groups is 1. The molecule has 9 heteroatoms. The maximum atomic E-state index is 10.8. The highest BCUT2D eigenvalue weighted by Crippen LogP contribution is 2.25. The predicted molar refractivity (Wildman–Crippen MR) is 72.0 cm³/mol. The molecule has 9 nitrogen and oxygen atoms in total. The van der Waals surface area contributed by atoms with Gasteiger partial charge in [0.1, 0.15) is 0 Å². The highest BCUT2D eigenvalue weighted by Gasteiger charge is 2.15. The van der Waals surface area contributed by atoms with Crippen molar-refractivity contribution in [2.45, 2.75) is 13.5 Å². The summed E-state index contributed by atoms with van der Waals surface area (Å²) in [5, 5.41) is 17.3. The summed E-state index contributed by atoms with van der Waals surface area (Å²) in [5.41, 5.74) is 6.25. The van der Waals surface area contributed by atoms with E-state index in [0.29, 0.717) is 5.56 Å². The third kappa shape index (κ3) is 3.60. The van der Waals surface area contributed by atoms with Crippen LogP contribution in [0.15, 0.2) is 22.7 Å². The molecular weight excluding hydrogens is 278 g/mol. The van der Waals surface area contributed by atoms with Crippen LogP contribution in [0.3, 0.4) is 0 Å². The standard InChI is InChI=1S/C12H13N5O4/c1-7-2-3-8(17(19)20)4-9(7)12-15-11(21-16-12)6-14-5-10(13)18/h2-4,14H,5-6H2,1H3,(H2,13,18). The van der Waals surface area contributed by atoms with Gasteiger partial charge in [-0.05, 0) is 12.5 Å². The smallest absolute Gasteiger partial charge is 0.270 e. The molecule has 0 radical (unpaired) electrons. The van der Waals surface area contributed by atoms with Crippen LogP contribution in [0.25, 0.3) is 11.4 Å². The summed E-state index contributed by atoms with van der Waals surface area (Å²) in [4.78, 5) is 25.0. The number of hydrogen-bond donors (Lipinski definition) is 2. The Morgan fingerprint density at radius 3 is 2.95 bits per heavy atom. The molecule has 0 saturated heterocycles. The SMILES string of the molecule is Cc1ccc([N+](=O)[O-])cc1-c1noc(CNCC(N)=O)n1. The number of amides is 1. The fraction of sp³-hybridized carbons (Fsp3) is 0.250. The molecule has 0 atom stereocenters. The summed E-state index contributed by atoms with van der Waals surface area (Å²) in [6, 6.07) is 4.42. The summed E-state index contributed by atoms with van der Waals surface area (Å²) in [5.74, 6) is 0.0218. The number of carbonyl (C=O) groups excluding carboxylic acids is 1. The fourth-order valence-corrected chi connectivity index (χ4v) is 1.69. The van der Waals surface area contributed by atoms with E-state index in [1.54, 1.807) is 13.0 Å². The van der Waals surface area contributed by atoms with Gasteiger partial charge in [-0.1, -0.05) is 11.2 Å². The van der Waals surface area contributed by atoms with Gasteiger partial charge in [-0.25, -0.2) is 0 Å². The molecule has 0 bridgehead atoms. The Balaban J connectivity index is 2.19. The number of nitro groups is 1. The van der Waals surface area contributed by atoms with E-state index in [-0.39, 0.29) is 30.5 Å². The van der Waals surface area contributed by atoms with E-state index in [1.165, 1.54) is 12.1 Å². The Kier molecular flexibility index (Phi) is 4.24. The average molecular weight is 291 g/mol. The molecule has 1 aromatic carbocycles. The first kappa shape index (κ1) is 14.6. The molecule has 3 N–H and O–H groups in total. The van der Waals surface area contributed by atoms with Crippen molar-refractivity contribution in [2.24, 2.45) is 5.73 Å². The van der Waals surface area contributed by atoms with E-state index in [0.717, 1.165) is 5.56 Å². The number of non-ortho nitro benzene ring substituents is 1. The summed E-state index contributed by atoms with van der Waals surface area (Å²) >= 11 is 0. The minimum absolute atomic E-state index is 0.00640. The number of primary amides is 1. The first-order valence-electron chi connectivity index (χ1n) is 6.04. The zero-order valence-electron chi connectivity index (χ0n) is 11.2. The number of aromatic nitrogens is 2. The lowest BCUT2D eigenvalue weighted by Gasteiger charge is -2.00. The number of nitrogens with zero attached hydrogens (tertiary/aromatic N) is 3. The second-order valence-corrected chi connectivity index (χ2v) is 4.34. The van der Waals surface area contributed by atoms with E-state index in [1.807, 2.05) is 0 Å². The molecular formula is C12H13N5O4. The molecule has 0 aliphatic rings. The fourth-order valence-electron chi connectivity index (χ4n) is 1.69. The quantitative estimate of drug-likeness (QED) is 0.584. The number of nitrogens with two attached hydrogens (primary N) is 1. The number of benzene rings is 1. The minimum atomic E-state index is -0.496. The van der Waals surface area contributed by atoms with Crippen molar-refractivity contribution in [1.29, 1.82) is 0 Å².